The van der Waals surface area contributed by atoms with Gasteiger partial charge in [-0.05, 0) is 46.0 Å². The molecule has 2 rings (SSSR count). The summed E-state index contributed by atoms with van der Waals surface area (Å²) in [6, 6.07) is 4.48. The summed E-state index contributed by atoms with van der Waals surface area (Å²) >= 11 is 11.5. The smallest absolute Gasteiger partial charge is 0.271 e. The molecule has 0 atom stereocenters. The van der Waals surface area contributed by atoms with Gasteiger partial charge in [0.15, 0.2) is 5.11 Å². The fraction of sp³-hybridized carbons (Fsp3) is 0.562. The number of nitrogens with one attached hydrogen (secondary N) is 2. The summed E-state index contributed by atoms with van der Waals surface area (Å²) in [5, 5.41) is 20.4. The first-order valence-corrected chi connectivity index (χ1v) is 8.65. The van der Waals surface area contributed by atoms with E-state index in [9.17, 15) is 10.1 Å². The van der Waals surface area contributed by atoms with Gasteiger partial charge in [0, 0.05) is 31.0 Å². The molecule has 4 N–H and O–H groups in total. The van der Waals surface area contributed by atoms with Crippen LogP contribution in [0.4, 0.5) is 11.4 Å². The highest BCUT2D eigenvalue weighted by atomic mass is 35.5. The third kappa shape index (κ3) is 5.03. The molecule has 1 aliphatic heterocycles. The molecule has 8 heteroatoms. The molecule has 1 saturated heterocycles. The second-order valence-electron chi connectivity index (χ2n) is 7.75. The molecule has 1 heterocycles. The molecule has 0 aromatic heterocycles. The number of piperidine rings is 1. The number of nitrogens with two attached hydrogens (primary N) is 1. The van der Waals surface area contributed by atoms with Crippen LogP contribution in [0, 0.1) is 10.1 Å². The minimum absolute atomic E-state index is 0.0285. The lowest BCUT2D eigenvalue weighted by Gasteiger charge is -2.43. The first kappa shape index (κ1) is 18.9. The molecule has 6 nitrogen and oxygen atoms in total. The van der Waals surface area contributed by atoms with Crippen LogP contribution in [-0.2, 0) is 0 Å². The summed E-state index contributed by atoms with van der Waals surface area (Å²) in [5.41, 5.74) is 0.652. The Labute approximate surface area is 152 Å². The number of rotatable bonds is 3. The van der Waals surface area contributed by atoms with Gasteiger partial charge >= 0.3 is 0 Å². The van der Waals surface area contributed by atoms with E-state index in [1.54, 1.807) is 0 Å². The van der Waals surface area contributed by atoms with Crippen LogP contribution in [0.2, 0.25) is 5.02 Å². The zero-order valence-electron chi connectivity index (χ0n) is 14.4. The van der Waals surface area contributed by atoms with Crippen molar-refractivity contribution >= 4 is 40.3 Å². The zero-order chi connectivity index (χ0) is 18.1. The summed E-state index contributed by atoms with van der Waals surface area (Å²) in [6.45, 7) is 8.87. The van der Waals surface area contributed by atoms with Gasteiger partial charge in [0.05, 0.1) is 26.7 Å². The lowest BCUT2D eigenvalue weighted by molar-refractivity contribution is -0.787. The number of hydrogen-bond acceptors (Lipinski definition) is 3. The number of nitro groups is 1. The van der Waals surface area contributed by atoms with E-state index in [1.165, 1.54) is 18.2 Å². The molecule has 0 radical (unpaired) electrons. The average Bonchev–Trinajstić information content (AvgIpc) is 2.36. The lowest BCUT2D eigenvalue weighted by Crippen LogP contribution is -3.06. The fourth-order valence-electron chi connectivity index (χ4n) is 3.69. The monoisotopic (exact) mass is 371 g/mol. The number of nitro benzene ring substituents is 1. The molecule has 0 spiro atoms. The van der Waals surface area contributed by atoms with Crippen LogP contribution in [0.5, 0.6) is 0 Å². The van der Waals surface area contributed by atoms with Gasteiger partial charge in [0.1, 0.15) is 0 Å². The number of anilines is 1. The molecule has 132 valence electrons. The number of halogens is 1. The predicted octanol–water partition coefficient (Wildman–Crippen LogP) is 2.82. The van der Waals surface area contributed by atoms with Gasteiger partial charge in [-0.15, -0.1) is 0 Å². The third-order valence-electron chi connectivity index (χ3n) is 4.07. The fourth-order valence-corrected chi connectivity index (χ4v) is 4.13. The van der Waals surface area contributed by atoms with Gasteiger partial charge in [-0.1, -0.05) is 11.6 Å². The maximum atomic E-state index is 10.9. The Kier molecular flexibility index (Phi) is 5.37. The maximum absolute atomic E-state index is 10.9. The minimum Gasteiger partial charge on any atom is -0.359 e. The first-order valence-electron chi connectivity index (χ1n) is 7.86. The standard InChI is InChI=1S/C16H23ClN4O2S/c1-15(2)8-10(9-16(3,4)20-15)18-14(24)19-13-7-11(21(22)23)5-6-12(13)17/h5-7,10,20H,8-9H2,1-4H3,(H2,18,19,24)/p+1. The van der Waals surface area contributed by atoms with E-state index in [-0.39, 0.29) is 22.8 Å². The molecular formula is C16H24ClN4O2S+. The Hall–Kier alpha value is -1.44. The number of thiocarbonyl (C=S) groups is 1. The largest absolute Gasteiger partial charge is 0.359 e. The first-order chi connectivity index (χ1) is 11.0. The maximum Gasteiger partial charge on any atom is 0.271 e. The van der Waals surface area contributed by atoms with Crippen LogP contribution in [0.1, 0.15) is 40.5 Å². The second-order valence-corrected chi connectivity index (χ2v) is 8.56. The number of nitrogens with zero attached hydrogens (tertiary/aromatic N) is 1. The number of hydrogen-bond donors (Lipinski definition) is 3. The van der Waals surface area contributed by atoms with Crippen LogP contribution >= 0.6 is 23.8 Å². The number of quaternary nitrogens is 1. The summed E-state index contributed by atoms with van der Waals surface area (Å²) in [4.78, 5) is 10.4. The van der Waals surface area contributed by atoms with Crippen molar-refractivity contribution in [2.24, 2.45) is 0 Å². The Bertz CT molecular complexity index is 647. The molecular weight excluding hydrogens is 348 g/mol. The van der Waals surface area contributed by atoms with Crippen LogP contribution in [0.15, 0.2) is 18.2 Å². The van der Waals surface area contributed by atoms with Crippen molar-refractivity contribution in [3.8, 4) is 0 Å². The summed E-state index contributed by atoms with van der Waals surface area (Å²) in [6.07, 6.45) is 1.95. The molecule has 0 aliphatic carbocycles. The lowest BCUT2D eigenvalue weighted by atomic mass is 9.80. The quantitative estimate of drug-likeness (QED) is 0.432. The Morgan fingerprint density at radius 3 is 2.46 bits per heavy atom. The van der Waals surface area contributed by atoms with Crippen molar-refractivity contribution in [1.29, 1.82) is 0 Å². The molecule has 1 fully saturated rings. The van der Waals surface area contributed by atoms with Crippen molar-refractivity contribution in [3.63, 3.8) is 0 Å². The topological polar surface area (TPSA) is 83.8 Å². The van der Waals surface area contributed by atoms with Gasteiger partial charge in [-0.3, -0.25) is 10.1 Å². The van der Waals surface area contributed by atoms with Crippen LogP contribution in [-0.4, -0.2) is 27.2 Å². The summed E-state index contributed by atoms with van der Waals surface area (Å²) < 4.78 is 0. The van der Waals surface area contributed by atoms with E-state index in [4.69, 9.17) is 23.8 Å². The molecule has 0 bridgehead atoms. The van der Waals surface area contributed by atoms with Gasteiger partial charge in [0.2, 0.25) is 0 Å². The van der Waals surface area contributed by atoms with Crippen molar-refractivity contribution in [3.05, 3.63) is 33.3 Å². The van der Waals surface area contributed by atoms with Crippen molar-refractivity contribution in [2.75, 3.05) is 5.32 Å². The summed E-state index contributed by atoms with van der Waals surface area (Å²) in [5.74, 6) is 0. The van der Waals surface area contributed by atoms with E-state index in [2.05, 4.69) is 43.6 Å². The molecule has 0 amide bonds. The predicted molar refractivity (Wildman–Crippen MR) is 101 cm³/mol. The Morgan fingerprint density at radius 2 is 1.92 bits per heavy atom. The second kappa shape index (κ2) is 6.82. The van der Waals surface area contributed by atoms with E-state index < -0.39 is 4.92 Å². The van der Waals surface area contributed by atoms with Crippen LogP contribution in [0.25, 0.3) is 0 Å². The van der Waals surface area contributed by atoms with E-state index in [0.29, 0.717) is 15.8 Å². The van der Waals surface area contributed by atoms with Gasteiger partial charge in [0.25, 0.3) is 5.69 Å². The zero-order valence-corrected chi connectivity index (χ0v) is 15.9. The Balaban J connectivity index is 2.06. The third-order valence-corrected chi connectivity index (χ3v) is 4.62. The Morgan fingerprint density at radius 1 is 1.33 bits per heavy atom. The highest BCUT2D eigenvalue weighted by molar-refractivity contribution is 7.80. The van der Waals surface area contributed by atoms with Gasteiger partial charge < -0.3 is 16.0 Å². The van der Waals surface area contributed by atoms with E-state index in [0.717, 1.165) is 12.8 Å². The van der Waals surface area contributed by atoms with E-state index in [1.807, 2.05) is 0 Å². The van der Waals surface area contributed by atoms with E-state index >= 15 is 0 Å². The van der Waals surface area contributed by atoms with Crippen molar-refractivity contribution in [2.45, 2.75) is 57.7 Å². The van der Waals surface area contributed by atoms with Crippen molar-refractivity contribution < 1.29 is 10.2 Å². The number of non-ortho nitro benzene ring substituents is 1. The highest BCUT2D eigenvalue weighted by Gasteiger charge is 2.41. The number of benzene rings is 1. The van der Waals surface area contributed by atoms with Gasteiger partial charge in [-0.2, -0.15) is 0 Å². The minimum atomic E-state index is -0.458. The van der Waals surface area contributed by atoms with Crippen LogP contribution in [0.3, 0.4) is 0 Å². The molecule has 24 heavy (non-hydrogen) atoms. The molecule has 1 aromatic rings. The summed E-state index contributed by atoms with van der Waals surface area (Å²) in [7, 11) is 0. The molecule has 1 aliphatic rings. The molecule has 1 aromatic carbocycles. The van der Waals surface area contributed by atoms with Crippen LogP contribution < -0.4 is 16.0 Å². The molecule has 0 saturated carbocycles. The van der Waals surface area contributed by atoms with Crippen molar-refractivity contribution in [1.82, 2.24) is 5.32 Å². The molecule has 0 unspecified atom stereocenters. The SMILES string of the molecule is CC1(C)CC(NC(=S)Nc2cc([N+](=O)[O-])ccc2Cl)CC(C)(C)[NH2+]1. The highest BCUT2D eigenvalue weighted by Crippen LogP contribution is 2.27. The normalized spacial score (nSPS) is 19.5. The average molecular weight is 372 g/mol. The van der Waals surface area contributed by atoms with Gasteiger partial charge in [-0.25, -0.2) is 0 Å².